The topological polar surface area (TPSA) is 0 Å². The molecule has 0 aliphatic carbocycles. The molecule has 0 spiro atoms. The van der Waals surface area contributed by atoms with Crippen LogP contribution in [0, 0.1) is 5.41 Å². The minimum atomic E-state index is -0.191. The maximum Gasteiger partial charge on any atom is 0.0899 e. The predicted molar refractivity (Wildman–Crippen MR) is 30.0 cm³/mol. The molecule has 0 saturated heterocycles. The normalized spacial score (nSPS) is 12.0. The summed E-state index contributed by atoms with van der Waals surface area (Å²) < 4.78 is 11.5. The molecular formula is C6H13F. The lowest BCUT2D eigenvalue weighted by Crippen LogP contribution is -2.04. The molecule has 0 amide bonds. The van der Waals surface area contributed by atoms with E-state index >= 15 is 0 Å². The number of hydrogen-bond donors (Lipinski definition) is 0. The van der Waals surface area contributed by atoms with Crippen molar-refractivity contribution in [3.63, 3.8) is 0 Å². The molecule has 0 N–H and O–H groups in total. The Kier molecular flexibility index (Phi) is 2.27. The van der Waals surface area contributed by atoms with Crippen LogP contribution >= 0.6 is 0 Å². The van der Waals surface area contributed by atoms with Gasteiger partial charge in [0, 0.05) is 0 Å². The Bertz CT molecular complexity index is 42.6. The summed E-state index contributed by atoms with van der Waals surface area (Å²) in [6.45, 7) is 5.91. The van der Waals surface area contributed by atoms with Crippen molar-refractivity contribution < 1.29 is 4.39 Å². The van der Waals surface area contributed by atoms with E-state index in [1.807, 2.05) is 20.8 Å². The van der Waals surface area contributed by atoms with Gasteiger partial charge in [-0.3, -0.25) is 4.39 Å². The molecule has 1 heteroatoms. The van der Waals surface area contributed by atoms with Gasteiger partial charge < -0.3 is 0 Å². The van der Waals surface area contributed by atoms with E-state index in [0.717, 1.165) is 0 Å². The minimum absolute atomic E-state index is 0.175. The maximum absolute atomic E-state index is 11.5. The molecule has 0 atom stereocenters. The van der Waals surface area contributed by atoms with Crippen LogP contribution in [-0.2, 0) is 0 Å². The molecule has 0 aromatic rings. The molecule has 0 heterocycles. The second-order valence-electron chi connectivity index (χ2n) is 3.00. The van der Waals surface area contributed by atoms with E-state index in [2.05, 4.69) is 0 Å². The third-order valence-corrected chi connectivity index (χ3v) is 0.844. The summed E-state index contributed by atoms with van der Waals surface area (Å²) in [5.41, 5.74) is 0.175. The summed E-state index contributed by atoms with van der Waals surface area (Å²) in [4.78, 5) is 0. The highest BCUT2D eigenvalue weighted by Gasteiger charge is 2.07. The number of halogens is 1. The zero-order valence-corrected chi connectivity index (χ0v) is 5.29. The third kappa shape index (κ3) is 5.93. The molecule has 0 bridgehead atoms. The fraction of sp³-hybridized carbons (Fsp3) is 1.00. The highest BCUT2D eigenvalue weighted by molar-refractivity contribution is 4.58. The summed E-state index contributed by atoms with van der Waals surface area (Å²) >= 11 is 0. The van der Waals surface area contributed by atoms with E-state index in [-0.39, 0.29) is 12.1 Å². The van der Waals surface area contributed by atoms with Gasteiger partial charge in [-0.15, -0.1) is 0 Å². The maximum atomic E-state index is 11.5. The average molecular weight is 104 g/mol. The van der Waals surface area contributed by atoms with Gasteiger partial charge in [0.25, 0.3) is 0 Å². The van der Waals surface area contributed by atoms with Crippen LogP contribution in [0.4, 0.5) is 4.39 Å². The molecule has 0 saturated carbocycles. The monoisotopic (exact) mass is 104 g/mol. The Morgan fingerprint density at radius 1 is 1.29 bits per heavy atom. The van der Waals surface area contributed by atoms with Crippen molar-refractivity contribution in [3.8, 4) is 0 Å². The molecule has 0 aliphatic rings. The highest BCUT2D eigenvalue weighted by atomic mass is 19.1. The van der Waals surface area contributed by atoms with E-state index in [9.17, 15) is 4.39 Å². The summed E-state index contributed by atoms with van der Waals surface area (Å²) in [6.07, 6.45) is 0.674. The van der Waals surface area contributed by atoms with Crippen LogP contribution in [0.25, 0.3) is 0 Å². The number of alkyl halides is 1. The van der Waals surface area contributed by atoms with Crippen LogP contribution < -0.4 is 0 Å². The van der Waals surface area contributed by atoms with Crippen molar-refractivity contribution >= 4 is 0 Å². The summed E-state index contributed by atoms with van der Waals surface area (Å²) in [7, 11) is 0. The number of hydrogen-bond acceptors (Lipinski definition) is 0. The van der Waals surface area contributed by atoms with Gasteiger partial charge >= 0.3 is 0 Å². The molecule has 0 fully saturated rings. The summed E-state index contributed by atoms with van der Waals surface area (Å²) in [5.74, 6) is 0. The van der Waals surface area contributed by atoms with Gasteiger partial charge in [0.1, 0.15) is 0 Å². The van der Waals surface area contributed by atoms with Crippen LogP contribution in [0.15, 0.2) is 0 Å². The van der Waals surface area contributed by atoms with Gasteiger partial charge in [-0.25, -0.2) is 0 Å². The molecule has 44 valence electrons. The molecule has 0 rings (SSSR count). The quantitative estimate of drug-likeness (QED) is 0.479. The van der Waals surface area contributed by atoms with E-state index in [1.165, 1.54) is 0 Å². The van der Waals surface area contributed by atoms with Gasteiger partial charge in [-0.1, -0.05) is 20.8 Å². The highest BCUT2D eigenvalue weighted by Crippen LogP contribution is 2.17. The molecule has 0 aromatic heterocycles. The molecule has 7 heavy (non-hydrogen) atoms. The van der Waals surface area contributed by atoms with E-state index < -0.39 is 0 Å². The first kappa shape index (κ1) is 6.93. The smallest absolute Gasteiger partial charge is 0.0899 e. The Morgan fingerprint density at radius 3 is 1.71 bits per heavy atom. The van der Waals surface area contributed by atoms with Crippen LogP contribution in [-0.4, -0.2) is 6.67 Å². The van der Waals surface area contributed by atoms with Crippen molar-refractivity contribution in [1.29, 1.82) is 0 Å². The molecule has 0 unspecified atom stereocenters. The first-order valence-corrected chi connectivity index (χ1v) is 2.62. The van der Waals surface area contributed by atoms with E-state index in [1.54, 1.807) is 0 Å². The average Bonchev–Trinajstić information content (AvgIpc) is 1.30. The van der Waals surface area contributed by atoms with Gasteiger partial charge in [0.05, 0.1) is 6.67 Å². The number of rotatable bonds is 1. The molecule has 0 nitrogen and oxygen atoms in total. The standard InChI is InChI=1S/C6H13F/c1-6(2,3)4-5-7/h4-5H2,1-3H3. The first-order chi connectivity index (χ1) is 3.06. The second-order valence-corrected chi connectivity index (χ2v) is 3.00. The van der Waals surface area contributed by atoms with Crippen molar-refractivity contribution in [1.82, 2.24) is 0 Å². The molecular weight excluding hydrogens is 91.1 g/mol. The van der Waals surface area contributed by atoms with Gasteiger partial charge in [0.2, 0.25) is 0 Å². The largest absolute Gasteiger partial charge is 0.251 e. The lowest BCUT2D eigenvalue weighted by Gasteiger charge is -2.13. The van der Waals surface area contributed by atoms with Crippen LogP contribution in [0.5, 0.6) is 0 Å². The zero-order chi connectivity index (χ0) is 5.91. The Balaban J connectivity index is 3.15. The molecule has 0 aliphatic heterocycles. The van der Waals surface area contributed by atoms with Gasteiger partial charge in [-0.05, 0) is 11.8 Å². The van der Waals surface area contributed by atoms with E-state index in [0.29, 0.717) is 6.42 Å². The fourth-order valence-corrected chi connectivity index (χ4v) is 0.283. The zero-order valence-electron chi connectivity index (χ0n) is 5.29. The minimum Gasteiger partial charge on any atom is -0.251 e. The Hall–Kier alpha value is -0.0700. The van der Waals surface area contributed by atoms with E-state index in [4.69, 9.17) is 0 Å². The lowest BCUT2D eigenvalue weighted by molar-refractivity contribution is 0.316. The molecule has 0 radical (unpaired) electrons. The summed E-state index contributed by atoms with van der Waals surface area (Å²) in [5, 5.41) is 0. The van der Waals surface area contributed by atoms with Crippen molar-refractivity contribution in [3.05, 3.63) is 0 Å². The van der Waals surface area contributed by atoms with Crippen molar-refractivity contribution in [2.45, 2.75) is 27.2 Å². The first-order valence-electron chi connectivity index (χ1n) is 2.62. The second kappa shape index (κ2) is 2.29. The fourth-order valence-electron chi connectivity index (χ4n) is 0.283. The van der Waals surface area contributed by atoms with Crippen molar-refractivity contribution in [2.24, 2.45) is 5.41 Å². The molecule has 0 aromatic carbocycles. The van der Waals surface area contributed by atoms with Crippen LogP contribution in [0.3, 0.4) is 0 Å². The van der Waals surface area contributed by atoms with Gasteiger partial charge in [0.15, 0.2) is 0 Å². The predicted octanol–water partition coefficient (Wildman–Crippen LogP) is 2.39. The van der Waals surface area contributed by atoms with Crippen LogP contribution in [0.1, 0.15) is 27.2 Å². The SMILES string of the molecule is CC(C)(C)CCF. The summed E-state index contributed by atoms with van der Waals surface area (Å²) in [6, 6.07) is 0. The van der Waals surface area contributed by atoms with Crippen LogP contribution in [0.2, 0.25) is 0 Å². The Morgan fingerprint density at radius 2 is 1.71 bits per heavy atom. The third-order valence-electron chi connectivity index (χ3n) is 0.844. The lowest BCUT2D eigenvalue weighted by atomic mass is 9.93. The van der Waals surface area contributed by atoms with Crippen molar-refractivity contribution in [2.75, 3.05) is 6.67 Å². The Labute approximate surface area is 44.7 Å². The van der Waals surface area contributed by atoms with Gasteiger partial charge in [-0.2, -0.15) is 0 Å².